The normalized spacial score (nSPS) is 32.6. The number of rotatable bonds is 4. The maximum Gasteiger partial charge on any atom is 0.463 e. The molecule has 1 saturated heterocycles. The van der Waals surface area contributed by atoms with Crippen LogP contribution in [0.5, 0.6) is 0 Å². The van der Waals surface area contributed by atoms with Crippen LogP contribution in [0.3, 0.4) is 0 Å². The van der Waals surface area contributed by atoms with E-state index in [2.05, 4.69) is 33.0 Å². The lowest BCUT2D eigenvalue weighted by molar-refractivity contribution is 0.00578. The summed E-state index contributed by atoms with van der Waals surface area (Å²) in [6.45, 7) is 8.76. The van der Waals surface area contributed by atoms with Gasteiger partial charge in [-0.15, -0.1) is 0 Å². The highest BCUT2D eigenvalue weighted by Crippen LogP contribution is 2.48. The number of hydrogen-bond donors (Lipinski definition) is 1. The molecule has 3 rings (SSSR count). The first-order valence-corrected chi connectivity index (χ1v) is 9.07. The van der Waals surface area contributed by atoms with E-state index in [0.717, 1.165) is 6.42 Å². The molecule has 1 N–H and O–H groups in total. The largest absolute Gasteiger partial charge is 0.463 e. The fraction of sp³-hybridized carbons (Fsp3) is 0.941. The number of nitrogens with one attached hydrogen (secondary N) is 1. The van der Waals surface area contributed by atoms with Gasteiger partial charge in [0.25, 0.3) is 0 Å². The second-order valence-electron chi connectivity index (χ2n) is 8.38. The lowest BCUT2D eigenvalue weighted by atomic mass is 9.82. The molecule has 2 atom stereocenters. The van der Waals surface area contributed by atoms with Gasteiger partial charge in [0.1, 0.15) is 0 Å². The number of alkyl carbamates (subject to hydrolysis) is 1. The third kappa shape index (κ3) is 3.85. The predicted octanol–water partition coefficient (Wildman–Crippen LogP) is 3.53. The van der Waals surface area contributed by atoms with E-state index in [1.165, 1.54) is 32.1 Å². The van der Waals surface area contributed by atoms with Crippen molar-refractivity contribution in [1.29, 1.82) is 0 Å². The smallest absolute Gasteiger partial charge is 0.449 e. The molecule has 3 fully saturated rings. The van der Waals surface area contributed by atoms with Crippen LogP contribution in [0.4, 0.5) is 4.79 Å². The Bertz CT molecular complexity index is 432. The van der Waals surface area contributed by atoms with Gasteiger partial charge in [0, 0.05) is 11.9 Å². The molecule has 5 nitrogen and oxygen atoms in total. The first-order valence-electron chi connectivity index (χ1n) is 9.07. The lowest BCUT2D eigenvalue weighted by Gasteiger charge is -2.32. The monoisotopic (exact) mass is 323 g/mol. The highest BCUT2D eigenvalue weighted by molar-refractivity contribution is 6.49. The summed E-state index contributed by atoms with van der Waals surface area (Å²) >= 11 is 0. The molecule has 2 saturated carbocycles. The van der Waals surface area contributed by atoms with Gasteiger partial charge >= 0.3 is 13.2 Å². The van der Waals surface area contributed by atoms with Gasteiger partial charge in [-0.3, -0.25) is 0 Å². The molecule has 23 heavy (non-hydrogen) atoms. The molecule has 2 aliphatic carbocycles. The minimum atomic E-state index is -0.313. The Morgan fingerprint density at radius 1 is 1.13 bits per heavy atom. The first-order chi connectivity index (χ1) is 10.8. The van der Waals surface area contributed by atoms with Gasteiger partial charge in [-0.2, -0.15) is 0 Å². The summed E-state index contributed by atoms with van der Waals surface area (Å²) in [4.78, 5) is 11.9. The molecule has 0 spiro atoms. The Labute approximate surface area is 140 Å². The van der Waals surface area contributed by atoms with Crippen molar-refractivity contribution in [3.05, 3.63) is 0 Å². The summed E-state index contributed by atoms with van der Waals surface area (Å²) in [5.74, 6) is 0.783. The molecular weight excluding hydrogens is 293 g/mol. The molecule has 130 valence electrons. The lowest BCUT2D eigenvalue weighted by Crippen LogP contribution is -2.41. The Kier molecular flexibility index (Phi) is 4.67. The molecule has 0 aromatic heterocycles. The molecule has 0 unspecified atom stereocenters. The Hall–Kier alpha value is -0.745. The van der Waals surface area contributed by atoms with E-state index >= 15 is 0 Å². The van der Waals surface area contributed by atoms with E-state index in [1.807, 2.05) is 0 Å². The van der Waals surface area contributed by atoms with Crippen LogP contribution < -0.4 is 5.32 Å². The van der Waals surface area contributed by atoms with E-state index < -0.39 is 0 Å². The standard InChI is InChI=1S/C17H30BNO4/c1-16(2)17(3,4)23-18(22-16)13-10-14(13)19-15(20)21-11-12-8-6-5-7-9-12/h12-14H,5-11H2,1-4H3,(H,19,20)/t13-,14-/m0/s1. The van der Waals surface area contributed by atoms with Crippen LogP contribution >= 0.6 is 0 Å². The van der Waals surface area contributed by atoms with Crippen molar-refractivity contribution in [2.24, 2.45) is 5.92 Å². The highest BCUT2D eigenvalue weighted by Gasteiger charge is 2.60. The van der Waals surface area contributed by atoms with Crippen LogP contribution in [-0.2, 0) is 14.0 Å². The number of carbonyl (C=O) groups excluding carboxylic acids is 1. The fourth-order valence-electron chi connectivity index (χ4n) is 3.49. The Balaban J connectivity index is 1.39. The molecular formula is C17H30BNO4. The van der Waals surface area contributed by atoms with Crippen LogP contribution in [0.2, 0.25) is 5.82 Å². The summed E-state index contributed by atoms with van der Waals surface area (Å²) in [6, 6.07) is 0.114. The molecule has 1 heterocycles. The Morgan fingerprint density at radius 2 is 1.74 bits per heavy atom. The van der Waals surface area contributed by atoms with Gasteiger partial charge in [0.2, 0.25) is 0 Å². The molecule has 1 aliphatic heterocycles. The quantitative estimate of drug-likeness (QED) is 0.804. The van der Waals surface area contributed by atoms with Gasteiger partial charge in [-0.1, -0.05) is 19.3 Å². The maximum atomic E-state index is 11.9. The second-order valence-corrected chi connectivity index (χ2v) is 8.38. The third-order valence-electron chi connectivity index (χ3n) is 5.94. The van der Waals surface area contributed by atoms with Crippen molar-refractivity contribution in [2.75, 3.05) is 6.61 Å². The van der Waals surface area contributed by atoms with Crippen molar-refractivity contribution in [2.45, 2.75) is 89.3 Å². The third-order valence-corrected chi connectivity index (χ3v) is 5.94. The van der Waals surface area contributed by atoms with Crippen molar-refractivity contribution < 1.29 is 18.8 Å². The van der Waals surface area contributed by atoms with E-state index in [0.29, 0.717) is 12.5 Å². The summed E-state index contributed by atoms with van der Waals surface area (Å²) in [7, 11) is -0.233. The predicted molar refractivity (Wildman–Crippen MR) is 89.3 cm³/mol. The van der Waals surface area contributed by atoms with Gasteiger partial charge in [0.05, 0.1) is 17.8 Å². The number of carbonyl (C=O) groups is 1. The van der Waals surface area contributed by atoms with Gasteiger partial charge in [-0.05, 0) is 52.9 Å². The molecule has 0 aromatic carbocycles. The molecule has 0 aromatic rings. The zero-order valence-corrected chi connectivity index (χ0v) is 14.9. The highest BCUT2D eigenvalue weighted by atomic mass is 16.7. The van der Waals surface area contributed by atoms with Crippen molar-refractivity contribution in [1.82, 2.24) is 5.32 Å². The maximum absolute atomic E-state index is 11.9. The summed E-state index contributed by atoms with van der Waals surface area (Å²) in [5, 5.41) is 2.95. The van der Waals surface area contributed by atoms with E-state index in [9.17, 15) is 4.79 Å². The number of amides is 1. The van der Waals surface area contributed by atoms with Crippen LogP contribution in [0.1, 0.15) is 66.2 Å². The zero-order chi connectivity index (χ0) is 16.7. The van der Waals surface area contributed by atoms with E-state index in [1.54, 1.807) is 0 Å². The topological polar surface area (TPSA) is 56.8 Å². The number of hydrogen-bond acceptors (Lipinski definition) is 4. The van der Waals surface area contributed by atoms with Crippen molar-refractivity contribution >= 4 is 13.2 Å². The SMILES string of the molecule is CC1(C)OB([C@H]2C[C@@H]2NC(=O)OCC2CCCCC2)OC1(C)C. The van der Waals surface area contributed by atoms with E-state index in [-0.39, 0.29) is 36.3 Å². The van der Waals surface area contributed by atoms with E-state index in [4.69, 9.17) is 14.0 Å². The molecule has 0 radical (unpaired) electrons. The van der Waals surface area contributed by atoms with Gasteiger partial charge in [-0.25, -0.2) is 4.79 Å². The molecule has 3 aliphatic rings. The number of ether oxygens (including phenoxy) is 1. The van der Waals surface area contributed by atoms with Crippen molar-refractivity contribution in [3.8, 4) is 0 Å². The van der Waals surface area contributed by atoms with Gasteiger partial charge < -0.3 is 19.4 Å². The summed E-state index contributed by atoms with van der Waals surface area (Å²) in [5.41, 5.74) is -0.626. The van der Waals surface area contributed by atoms with Gasteiger partial charge in [0.15, 0.2) is 0 Å². The first kappa shape index (κ1) is 17.1. The second kappa shape index (κ2) is 6.28. The Morgan fingerprint density at radius 3 is 2.35 bits per heavy atom. The molecule has 6 heteroatoms. The zero-order valence-electron chi connectivity index (χ0n) is 14.9. The summed E-state index contributed by atoms with van der Waals surface area (Å²) < 4.78 is 17.5. The average molecular weight is 323 g/mol. The molecule has 1 amide bonds. The summed E-state index contributed by atoms with van der Waals surface area (Å²) in [6.07, 6.45) is 6.83. The van der Waals surface area contributed by atoms with Crippen LogP contribution in [0.25, 0.3) is 0 Å². The van der Waals surface area contributed by atoms with Crippen LogP contribution in [0.15, 0.2) is 0 Å². The fourth-order valence-corrected chi connectivity index (χ4v) is 3.49. The minimum absolute atomic E-state index is 0.114. The van der Waals surface area contributed by atoms with Crippen LogP contribution in [0, 0.1) is 5.92 Å². The average Bonchev–Trinajstić information content (AvgIpc) is 3.19. The molecule has 0 bridgehead atoms. The van der Waals surface area contributed by atoms with Crippen LogP contribution in [-0.4, -0.2) is 37.1 Å². The minimum Gasteiger partial charge on any atom is -0.449 e. The van der Waals surface area contributed by atoms with Crippen molar-refractivity contribution in [3.63, 3.8) is 0 Å².